The van der Waals surface area contributed by atoms with Crippen LogP contribution in [0, 0.1) is 0 Å². The Kier molecular flexibility index (Phi) is 5.37. The van der Waals surface area contributed by atoms with Crippen molar-refractivity contribution in [2.75, 3.05) is 12.3 Å². The van der Waals surface area contributed by atoms with Gasteiger partial charge in [-0.25, -0.2) is 0 Å². The summed E-state index contributed by atoms with van der Waals surface area (Å²) < 4.78 is 0. The lowest BCUT2D eigenvalue weighted by Gasteiger charge is -2.36. The summed E-state index contributed by atoms with van der Waals surface area (Å²) in [6.45, 7) is 0.791. The van der Waals surface area contributed by atoms with Crippen molar-refractivity contribution in [3.63, 3.8) is 0 Å². The number of pyridine rings is 1. The minimum absolute atomic E-state index is 0.0395. The van der Waals surface area contributed by atoms with Crippen molar-refractivity contribution in [1.29, 1.82) is 0 Å². The second-order valence-electron chi connectivity index (χ2n) is 6.30. The van der Waals surface area contributed by atoms with E-state index in [0.29, 0.717) is 5.75 Å². The number of rotatable bonds is 5. The normalized spacial score (nSPS) is 16.3. The highest BCUT2D eigenvalue weighted by atomic mass is 32.2. The van der Waals surface area contributed by atoms with Crippen LogP contribution in [0.15, 0.2) is 66.3 Å². The molecule has 3 aromatic rings. The molecule has 0 saturated heterocycles. The number of amides is 1. The van der Waals surface area contributed by atoms with E-state index >= 15 is 0 Å². The van der Waals surface area contributed by atoms with E-state index in [1.54, 1.807) is 29.3 Å². The predicted octanol–water partition coefficient (Wildman–Crippen LogP) is 4.55. The van der Waals surface area contributed by atoms with Crippen molar-refractivity contribution >= 4 is 29.0 Å². The minimum atomic E-state index is 0.0395. The van der Waals surface area contributed by atoms with Gasteiger partial charge in [-0.3, -0.25) is 9.78 Å². The van der Waals surface area contributed by atoms with Crippen LogP contribution < -0.4 is 0 Å². The van der Waals surface area contributed by atoms with Gasteiger partial charge in [0.25, 0.3) is 0 Å². The number of thiophene rings is 1. The van der Waals surface area contributed by atoms with Crippen LogP contribution in [0.4, 0.5) is 0 Å². The minimum Gasteiger partial charge on any atom is -0.330 e. The van der Waals surface area contributed by atoms with Crippen LogP contribution in [-0.4, -0.2) is 28.1 Å². The maximum Gasteiger partial charge on any atom is 0.233 e. The molecule has 132 valence electrons. The van der Waals surface area contributed by atoms with Crippen LogP contribution in [0.3, 0.4) is 0 Å². The fourth-order valence-electron chi connectivity index (χ4n) is 3.40. The number of nitrogens with zero attached hydrogens (tertiary/aromatic N) is 2. The van der Waals surface area contributed by atoms with Crippen molar-refractivity contribution in [2.45, 2.75) is 18.2 Å². The number of hydrogen-bond acceptors (Lipinski definition) is 4. The van der Waals surface area contributed by atoms with Crippen LogP contribution >= 0.6 is 23.1 Å². The van der Waals surface area contributed by atoms with Crippen LogP contribution in [0.25, 0.3) is 0 Å². The van der Waals surface area contributed by atoms with Crippen molar-refractivity contribution in [1.82, 2.24) is 9.88 Å². The van der Waals surface area contributed by atoms with E-state index in [1.165, 1.54) is 16.0 Å². The number of carbonyl (C=O) groups excluding carboxylic acids is 1. The zero-order valence-electron chi connectivity index (χ0n) is 14.4. The molecule has 1 unspecified atom stereocenters. The van der Waals surface area contributed by atoms with Gasteiger partial charge in [0.15, 0.2) is 0 Å². The Balaban J connectivity index is 1.50. The zero-order valence-corrected chi connectivity index (χ0v) is 16.0. The Bertz CT molecular complexity index is 864. The molecule has 4 rings (SSSR count). The molecule has 1 aliphatic heterocycles. The molecule has 1 atom stereocenters. The summed E-state index contributed by atoms with van der Waals surface area (Å²) in [5, 5.41) is 2.14. The molecule has 1 amide bonds. The molecule has 1 aromatic carbocycles. The Morgan fingerprint density at radius 3 is 2.88 bits per heavy atom. The average molecular weight is 381 g/mol. The molecule has 0 fully saturated rings. The van der Waals surface area contributed by atoms with Crippen molar-refractivity contribution in [3.05, 3.63) is 87.9 Å². The van der Waals surface area contributed by atoms with Gasteiger partial charge in [-0.1, -0.05) is 36.4 Å². The molecule has 26 heavy (non-hydrogen) atoms. The lowest BCUT2D eigenvalue weighted by atomic mass is 9.93. The quantitative estimate of drug-likeness (QED) is 0.651. The summed E-state index contributed by atoms with van der Waals surface area (Å²) in [6.07, 6.45) is 4.59. The Labute approximate surface area is 162 Å². The maximum absolute atomic E-state index is 13.0. The highest BCUT2D eigenvalue weighted by molar-refractivity contribution is 7.99. The summed E-state index contributed by atoms with van der Waals surface area (Å²) in [7, 11) is 0. The third-order valence-corrected chi connectivity index (χ3v) is 6.60. The van der Waals surface area contributed by atoms with Gasteiger partial charge in [-0.2, -0.15) is 0 Å². The van der Waals surface area contributed by atoms with Crippen molar-refractivity contribution < 1.29 is 4.79 Å². The van der Waals surface area contributed by atoms with Gasteiger partial charge in [0.1, 0.15) is 0 Å². The average Bonchev–Trinajstić information content (AvgIpc) is 3.17. The number of carbonyl (C=O) groups is 1. The van der Waals surface area contributed by atoms with E-state index in [1.807, 2.05) is 18.3 Å². The summed E-state index contributed by atoms with van der Waals surface area (Å²) in [5.41, 5.74) is 3.64. The van der Waals surface area contributed by atoms with Gasteiger partial charge in [0.2, 0.25) is 5.91 Å². The number of fused-ring (bicyclic) bond motifs is 1. The summed E-state index contributed by atoms with van der Waals surface area (Å²) in [6, 6.07) is 16.6. The second-order valence-corrected chi connectivity index (χ2v) is 8.29. The topological polar surface area (TPSA) is 33.2 Å². The maximum atomic E-state index is 13.0. The molecule has 0 aliphatic carbocycles. The van der Waals surface area contributed by atoms with E-state index in [0.717, 1.165) is 24.3 Å². The van der Waals surface area contributed by atoms with E-state index in [4.69, 9.17) is 0 Å². The van der Waals surface area contributed by atoms with Gasteiger partial charge in [0, 0.05) is 29.6 Å². The second kappa shape index (κ2) is 8.06. The molecule has 3 nitrogen and oxygen atoms in total. The molecule has 5 heteroatoms. The first-order valence-corrected chi connectivity index (χ1v) is 10.7. The molecule has 0 spiro atoms. The first-order valence-electron chi connectivity index (χ1n) is 8.70. The van der Waals surface area contributed by atoms with Crippen LogP contribution in [0.2, 0.25) is 0 Å². The van der Waals surface area contributed by atoms with Crippen LogP contribution in [0.5, 0.6) is 0 Å². The lowest BCUT2D eigenvalue weighted by Crippen LogP contribution is -2.41. The molecule has 1 aliphatic rings. The summed E-state index contributed by atoms with van der Waals surface area (Å²) in [4.78, 5) is 20.6. The first kappa shape index (κ1) is 17.3. The van der Waals surface area contributed by atoms with Crippen LogP contribution in [-0.2, 0) is 17.0 Å². The highest BCUT2D eigenvalue weighted by Gasteiger charge is 2.32. The van der Waals surface area contributed by atoms with Gasteiger partial charge in [0.05, 0.1) is 11.8 Å². The standard InChI is InChI=1S/C21H20N2OS2/c24-20(15-25-14-16-5-4-10-22-13-16)23-11-8-19-18(9-12-26-19)21(23)17-6-2-1-3-7-17/h1-7,9-10,12-13,21H,8,11,14-15H2. The fourth-order valence-corrected chi connectivity index (χ4v) is 5.16. The Morgan fingerprint density at radius 1 is 1.19 bits per heavy atom. The smallest absolute Gasteiger partial charge is 0.233 e. The number of aromatic nitrogens is 1. The third kappa shape index (κ3) is 3.69. The SMILES string of the molecule is O=C(CSCc1cccnc1)N1CCc2sccc2C1c1ccccc1. The van der Waals surface area contributed by atoms with E-state index in [2.05, 4.69) is 51.7 Å². The third-order valence-electron chi connectivity index (χ3n) is 4.62. The predicted molar refractivity (Wildman–Crippen MR) is 108 cm³/mol. The Hall–Kier alpha value is -2.11. The van der Waals surface area contributed by atoms with Crippen molar-refractivity contribution in [3.8, 4) is 0 Å². The lowest BCUT2D eigenvalue weighted by molar-refractivity contribution is -0.130. The monoisotopic (exact) mass is 380 g/mol. The van der Waals surface area contributed by atoms with E-state index in [9.17, 15) is 4.79 Å². The first-order chi connectivity index (χ1) is 12.8. The molecule has 0 N–H and O–H groups in total. The highest BCUT2D eigenvalue weighted by Crippen LogP contribution is 2.38. The molecule has 3 heterocycles. The fraction of sp³-hybridized carbons (Fsp3) is 0.238. The molecule has 0 radical (unpaired) electrons. The number of thioether (sulfide) groups is 1. The number of hydrogen-bond donors (Lipinski definition) is 0. The zero-order chi connectivity index (χ0) is 17.8. The van der Waals surface area contributed by atoms with E-state index < -0.39 is 0 Å². The molecular formula is C21H20N2OS2. The Morgan fingerprint density at radius 2 is 2.08 bits per heavy atom. The number of benzene rings is 1. The summed E-state index contributed by atoms with van der Waals surface area (Å²) in [5.74, 6) is 1.52. The summed E-state index contributed by atoms with van der Waals surface area (Å²) >= 11 is 3.46. The van der Waals surface area contributed by atoms with Gasteiger partial charge < -0.3 is 4.90 Å². The van der Waals surface area contributed by atoms with Gasteiger partial charge in [-0.15, -0.1) is 23.1 Å². The van der Waals surface area contributed by atoms with Gasteiger partial charge >= 0.3 is 0 Å². The molecular weight excluding hydrogens is 360 g/mol. The molecule has 0 saturated carbocycles. The van der Waals surface area contributed by atoms with Crippen LogP contribution in [0.1, 0.15) is 27.6 Å². The van der Waals surface area contributed by atoms with Gasteiger partial charge in [-0.05, 0) is 40.6 Å². The van der Waals surface area contributed by atoms with Crippen molar-refractivity contribution in [2.24, 2.45) is 0 Å². The van der Waals surface area contributed by atoms with E-state index in [-0.39, 0.29) is 11.9 Å². The molecule has 0 bridgehead atoms. The largest absolute Gasteiger partial charge is 0.330 e. The molecule has 2 aromatic heterocycles.